The van der Waals surface area contributed by atoms with Crippen LogP contribution >= 0.6 is 11.6 Å². The van der Waals surface area contributed by atoms with Gasteiger partial charge in [-0.2, -0.15) is 9.37 Å². The van der Waals surface area contributed by atoms with E-state index >= 15 is 0 Å². The number of amides is 1. The lowest BCUT2D eigenvalue weighted by molar-refractivity contribution is 0.0570. The van der Waals surface area contributed by atoms with Crippen molar-refractivity contribution in [1.82, 2.24) is 25.0 Å². The number of aryl methyl sites for hydroxylation is 1. The molecular formula is C19H17ClFN5O2. The Balaban J connectivity index is 1.40. The number of nitrogens with one attached hydrogen (secondary N) is 1. The molecule has 2 aliphatic rings. The summed E-state index contributed by atoms with van der Waals surface area (Å²) in [5, 5.41) is 4.60. The predicted molar refractivity (Wildman–Crippen MR) is 98.4 cm³/mol. The number of carbonyl (C=O) groups is 1. The first-order chi connectivity index (χ1) is 13.6. The second-order valence-corrected chi connectivity index (χ2v) is 7.71. The van der Waals surface area contributed by atoms with Crippen molar-refractivity contribution in [2.45, 2.75) is 37.6 Å². The zero-order chi connectivity index (χ0) is 19.3. The number of fused-ring (bicyclic) bond motifs is 2. The molecule has 7 nitrogen and oxygen atoms in total. The van der Waals surface area contributed by atoms with Crippen LogP contribution in [0.2, 0.25) is 5.02 Å². The van der Waals surface area contributed by atoms with Gasteiger partial charge in [-0.3, -0.25) is 4.79 Å². The Bertz CT molecular complexity index is 1050. The van der Waals surface area contributed by atoms with Gasteiger partial charge >= 0.3 is 0 Å². The molecule has 0 spiro atoms. The van der Waals surface area contributed by atoms with E-state index in [1.165, 1.54) is 12.3 Å². The molecule has 0 aliphatic carbocycles. The number of pyridine rings is 1. The Morgan fingerprint density at radius 3 is 3.00 bits per heavy atom. The molecule has 3 aromatic heterocycles. The van der Waals surface area contributed by atoms with Crippen LogP contribution < -0.4 is 0 Å². The quantitative estimate of drug-likeness (QED) is 0.663. The Morgan fingerprint density at radius 1 is 1.29 bits per heavy atom. The summed E-state index contributed by atoms with van der Waals surface area (Å²) in [6, 6.07) is 3.23. The summed E-state index contributed by atoms with van der Waals surface area (Å²) in [4.78, 5) is 26.1. The molecule has 1 fully saturated rings. The van der Waals surface area contributed by atoms with Crippen LogP contribution in [0.5, 0.6) is 0 Å². The molecule has 0 aromatic carbocycles. The summed E-state index contributed by atoms with van der Waals surface area (Å²) in [6.07, 6.45) is 6.17. The summed E-state index contributed by atoms with van der Waals surface area (Å²) < 4.78 is 19.0. The van der Waals surface area contributed by atoms with Crippen LogP contribution in [0.3, 0.4) is 0 Å². The van der Waals surface area contributed by atoms with E-state index in [0.29, 0.717) is 41.0 Å². The number of aromatic amines is 1. The van der Waals surface area contributed by atoms with Crippen molar-refractivity contribution >= 4 is 17.5 Å². The summed E-state index contributed by atoms with van der Waals surface area (Å²) in [5.41, 5.74) is 1.89. The first kappa shape index (κ1) is 17.4. The van der Waals surface area contributed by atoms with Crippen LogP contribution in [0.1, 0.15) is 47.0 Å². The highest BCUT2D eigenvalue weighted by atomic mass is 35.5. The average Bonchev–Trinajstić information content (AvgIpc) is 3.32. The molecule has 5 rings (SSSR count). The number of hydrogen-bond acceptors (Lipinski definition) is 5. The second-order valence-electron chi connectivity index (χ2n) is 7.28. The molecule has 5 heterocycles. The van der Waals surface area contributed by atoms with E-state index in [9.17, 15) is 9.18 Å². The molecule has 144 valence electrons. The van der Waals surface area contributed by atoms with Crippen LogP contribution in [-0.2, 0) is 6.42 Å². The Labute approximate surface area is 164 Å². The van der Waals surface area contributed by atoms with Gasteiger partial charge < -0.3 is 14.4 Å². The van der Waals surface area contributed by atoms with E-state index in [1.54, 1.807) is 12.3 Å². The topological polar surface area (TPSA) is 87.9 Å². The largest absolute Gasteiger partial charge is 0.357 e. The number of rotatable bonds is 2. The molecule has 0 bridgehead atoms. The normalized spacial score (nSPS) is 21.9. The Hall–Kier alpha value is -2.74. The summed E-state index contributed by atoms with van der Waals surface area (Å²) >= 11 is 5.93. The molecule has 1 saturated heterocycles. The lowest BCUT2D eigenvalue weighted by Gasteiger charge is -2.37. The zero-order valence-electron chi connectivity index (χ0n) is 14.9. The maximum absolute atomic E-state index is 13.5. The van der Waals surface area contributed by atoms with E-state index in [2.05, 4.69) is 20.1 Å². The molecule has 1 amide bonds. The number of H-pyrrole nitrogens is 1. The van der Waals surface area contributed by atoms with Gasteiger partial charge in [-0.15, -0.1) is 0 Å². The van der Waals surface area contributed by atoms with Crippen molar-refractivity contribution in [3.63, 3.8) is 0 Å². The fourth-order valence-corrected chi connectivity index (χ4v) is 4.29. The van der Waals surface area contributed by atoms with Gasteiger partial charge in [0.1, 0.15) is 0 Å². The Morgan fingerprint density at radius 2 is 2.18 bits per heavy atom. The molecule has 0 unspecified atom stereocenters. The predicted octanol–water partition coefficient (Wildman–Crippen LogP) is 3.59. The molecule has 0 radical (unpaired) electrons. The SMILES string of the molecule is O=C1c2cnc(F)cc2CC[C@H]2CC[C@@H](c3nc(-c4cc(Cl)c[nH]4)no3)CN12. The molecule has 9 heteroatoms. The van der Waals surface area contributed by atoms with Gasteiger partial charge in [0.05, 0.1) is 22.2 Å². The molecule has 0 saturated carbocycles. The van der Waals surface area contributed by atoms with Crippen molar-refractivity contribution in [1.29, 1.82) is 0 Å². The van der Waals surface area contributed by atoms with Gasteiger partial charge in [0, 0.05) is 25.0 Å². The van der Waals surface area contributed by atoms with Crippen molar-refractivity contribution in [2.24, 2.45) is 0 Å². The number of hydrogen-bond donors (Lipinski definition) is 1. The number of piperidine rings is 1. The van der Waals surface area contributed by atoms with Crippen molar-refractivity contribution in [3.8, 4) is 11.5 Å². The van der Waals surface area contributed by atoms with E-state index in [0.717, 1.165) is 24.8 Å². The van der Waals surface area contributed by atoms with Crippen LogP contribution in [0, 0.1) is 5.95 Å². The van der Waals surface area contributed by atoms with Crippen molar-refractivity contribution in [3.05, 3.63) is 52.5 Å². The minimum absolute atomic E-state index is 0.0400. The van der Waals surface area contributed by atoms with Crippen LogP contribution in [0.15, 0.2) is 29.0 Å². The molecule has 28 heavy (non-hydrogen) atoms. The number of aromatic nitrogens is 4. The van der Waals surface area contributed by atoms with E-state index in [-0.39, 0.29) is 17.9 Å². The summed E-state index contributed by atoms with van der Waals surface area (Å²) in [6.45, 7) is 0.493. The van der Waals surface area contributed by atoms with E-state index in [4.69, 9.17) is 16.1 Å². The molecule has 2 atom stereocenters. The Kier molecular flexibility index (Phi) is 4.16. The third kappa shape index (κ3) is 2.97. The van der Waals surface area contributed by atoms with Gasteiger partial charge in [-0.25, -0.2) is 4.98 Å². The van der Waals surface area contributed by atoms with Gasteiger partial charge in [0.2, 0.25) is 17.7 Å². The van der Waals surface area contributed by atoms with Crippen molar-refractivity contribution < 1.29 is 13.7 Å². The fourth-order valence-electron chi connectivity index (χ4n) is 4.13. The highest BCUT2D eigenvalue weighted by Gasteiger charge is 2.37. The standard InChI is InChI=1S/C19H17ClFN5O2/c20-12-6-15(22-7-12)17-24-18(28-25-17)11-2-4-13-3-1-10-5-16(21)23-8-14(10)19(27)26(13)9-11/h5-8,11,13,22H,1-4,9H2/t11-,13+/m1/s1. The highest BCUT2D eigenvalue weighted by molar-refractivity contribution is 6.30. The molecular weight excluding hydrogens is 385 g/mol. The zero-order valence-corrected chi connectivity index (χ0v) is 15.6. The summed E-state index contributed by atoms with van der Waals surface area (Å²) in [7, 11) is 0. The first-order valence-electron chi connectivity index (χ1n) is 9.22. The smallest absolute Gasteiger partial charge is 0.255 e. The van der Waals surface area contributed by atoms with Gasteiger partial charge in [0.15, 0.2) is 0 Å². The third-order valence-corrected chi connectivity index (χ3v) is 5.80. The maximum Gasteiger partial charge on any atom is 0.255 e. The van der Waals surface area contributed by atoms with Gasteiger partial charge in [-0.1, -0.05) is 16.8 Å². The summed E-state index contributed by atoms with van der Waals surface area (Å²) in [5.74, 6) is 0.254. The van der Waals surface area contributed by atoms with Crippen molar-refractivity contribution in [2.75, 3.05) is 6.54 Å². The monoisotopic (exact) mass is 401 g/mol. The van der Waals surface area contributed by atoms with E-state index in [1.807, 2.05) is 4.90 Å². The minimum Gasteiger partial charge on any atom is -0.357 e. The third-order valence-electron chi connectivity index (χ3n) is 5.58. The van der Waals surface area contributed by atoms with Gasteiger partial charge in [-0.05, 0) is 43.4 Å². The van der Waals surface area contributed by atoms with Crippen LogP contribution in [-0.4, -0.2) is 43.5 Å². The van der Waals surface area contributed by atoms with E-state index < -0.39 is 5.95 Å². The maximum atomic E-state index is 13.5. The molecule has 3 aromatic rings. The minimum atomic E-state index is -0.549. The number of halogens is 2. The number of carbonyl (C=O) groups excluding carboxylic acids is 1. The van der Waals surface area contributed by atoms with Crippen LogP contribution in [0.25, 0.3) is 11.5 Å². The molecule has 2 aliphatic heterocycles. The molecule has 1 N–H and O–H groups in total. The highest BCUT2D eigenvalue weighted by Crippen LogP contribution is 2.35. The lowest BCUT2D eigenvalue weighted by Crippen LogP contribution is -2.45. The number of nitrogens with zero attached hydrogens (tertiary/aromatic N) is 4. The second kappa shape index (κ2) is 6.70. The average molecular weight is 402 g/mol. The van der Waals surface area contributed by atoms with Gasteiger partial charge in [0.25, 0.3) is 5.91 Å². The van der Waals surface area contributed by atoms with Crippen LogP contribution in [0.4, 0.5) is 4.39 Å². The fraction of sp³-hybridized carbons (Fsp3) is 0.368. The first-order valence-corrected chi connectivity index (χ1v) is 9.59. The lowest BCUT2D eigenvalue weighted by atomic mass is 9.90.